The lowest BCUT2D eigenvalue weighted by molar-refractivity contribution is -0.117. The zero-order valence-corrected chi connectivity index (χ0v) is 13.0. The normalized spacial score (nSPS) is 10.9. The van der Waals surface area contributed by atoms with E-state index in [9.17, 15) is 9.18 Å². The largest absolute Gasteiger partial charge is 0.325 e. The van der Waals surface area contributed by atoms with Crippen LogP contribution in [0.3, 0.4) is 0 Å². The van der Waals surface area contributed by atoms with Crippen molar-refractivity contribution in [1.29, 1.82) is 0 Å². The van der Waals surface area contributed by atoms with E-state index in [4.69, 9.17) is 0 Å². The van der Waals surface area contributed by atoms with Crippen LogP contribution in [0.15, 0.2) is 35.7 Å². The molecule has 112 valence electrons. The predicted molar refractivity (Wildman–Crippen MR) is 85.0 cm³/mol. The van der Waals surface area contributed by atoms with Gasteiger partial charge in [0.1, 0.15) is 5.82 Å². The van der Waals surface area contributed by atoms with Crippen LogP contribution in [0.2, 0.25) is 0 Å². The van der Waals surface area contributed by atoms with Crippen molar-refractivity contribution in [2.45, 2.75) is 20.4 Å². The number of thiophene rings is 1. The van der Waals surface area contributed by atoms with Crippen LogP contribution in [-0.4, -0.2) is 23.9 Å². The van der Waals surface area contributed by atoms with Gasteiger partial charge < -0.3 is 5.32 Å². The summed E-state index contributed by atoms with van der Waals surface area (Å²) < 4.78 is 13.4. The highest BCUT2D eigenvalue weighted by Crippen LogP contribution is 2.14. The van der Waals surface area contributed by atoms with E-state index >= 15 is 0 Å². The van der Waals surface area contributed by atoms with Gasteiger partial charge in [0.05, 0.1) is 6.54 Å². The lowest BCUT2D eigenvalue weighted by Gasteiger charge is -2.19. The summed E-state index contributed by atoms with van der Waals surface area (Å²) in [5.41, 5.74) is 1.07. The lowest BCUT2D eigenvalue weighted by Crippen LogP contribution is -2.32. The van der Waals surface area contributed by atoms with Gasteiger partial charge in [-0.05, 0) is 42.6 Å². The van der Waals surface area contributed by atoms with E-state index < -0.39 is 0 Å². The van der Waals surface area contributed by atoms with Gasteiger partial charge in [-0.15, -0.1) is 11.3 Å². The van der Waals surface area contributed by atoms with Gasteiger partial charge in [0.25, 0.3) is 0 Å². The number of carbonyl (C=O) groups excluding carboxylic acids is 1. The molecule has 0 unspecified atom stereocenters. The molecule has 1 aromatic heterocycles. The second-order valence-corrected chi connectivity index (χ2v) is 5.93. The van der Waals surface area contributed by atoms with Gasteiger partial charge in [-0.25, -0.2) is 4.39 Å². The van der Waals surface area contributed by atoms with Gasteiger partial charge >= 0.3 is 0 Å². The van der Waals surface area contributed by atoms with Crippen LogP contribution in [0, 0.1) is 12.7 Å². The Labute approximate surface area is 128 Å². The number of rotatable bonds is 6. The van der Waals surface area contributed by atoms with E-state index in [2.05, 4.69) is 11.4 Å². The third-order valence-corrected chi connectivity index (χ3v) is 4.09. The molecule has 0 saturated carbocycles. The number of carbonyl (C=O) groups is 1. The lowest BCUT2D eigenvalue weighted by atomic mass is 10.2. The Morgan fingerprint density at radius 1 is 1.38 bits per heavy atom. The number of hydrogen-bond acceptors (Lipinski definition) is 3. The molecule has 0 radical (unpaired) electrons. The van der Waals surface area contributed by atoms with Crippen molar-refractivity contribution in [3.8, 4) is 0 Å². The Kier molecular flexibility index (Phi) is 5.47. The fraction of sp³-hybridized carbons (Fsp3) is 0.312. The van der Waals surface area contributed by atoms with E-state index in [1.54, 1.807) is 30.4 Å². The molecule has 5 heteroatoms. The van der Waals surface area contributed by atoms with Gasteiger partial charge in [0.2, 0.25) is 5.91 Å². The smallest absolute Gasteiger partial charge is 0.238 e. The van der Waals surface area contributed by atoms with Crippen molar-refractivity contribution in [3.05, 3.63) is 52.0 Å². The zero-order valence-electron chi connectivity index (χ0n) is 12.2. The molecular formula is C16H19FN2OS. The molecule has 21 heavy (non-hydrogen) atoms. The van der Waals surface area contributed by atoms with Crippen molar-refractivity contribution >= 4 is 22.9 Å². The highest BCUT2D eigenvalue weighted by molar-refractivity contribution is 7.09. The summed E-state index contributed by atoms with van der Waals surface area (Å²) >= 11 is 1.68. The fourth-order valence-electron chi connectivity index (χ4n) is 1.98. The Hall–Kier alpha value is -1.72. The number of nitrogens with zero attached hydrogens (tertiary/aromatic N) is 1. The van der Waals surface area contributed by atoms with E-state index in [-0.39, 0.29) is 11.7 Å². The summed E-state index contributed by atoms with van der Waals surface area (Å²) in [6.07, 6.45) is 0. The monoisotopic (exact) mass is 306 g/mol. The first-order chi connectivity index (χ1) is 10.1. The molecule has 1 aromatic carbocycles. The third-order valence-electron chi connectivity index (χ3n) is 3.23. The van der Waals surface area contributed by atoms with Gasteiger partial charge in [0.15, 0.2) is 0 Å². The Morgan fingerprint density at radius 3 is 2.81 bits per heavy atom. The summed E-state index contributed by atoms with van der Waals surface area (Å²) in [6, 6.07) is 8.78. The van der Waals surface area contributed by atoms with Crippen molar-refractivity contribution in [2.24, 2.45) is 0 Å². The molecular weight excluding hydrogens is 287 g/mol. The molecule has 1 heterocycles. The van der Waals surface area contributed by atoms with Crippen LogP contribution in [0.1, 0.15) is 17.4 Å². The number of amides is 1. The van der Waals surface area contributed by atoms with Crippen molar-refractivity contribution < 1.29 is 9.18 Å². The summed E-state index contributed by atoms with van der Waals surface area (Å²) in [7, 11) is 0. The molecule has 1 amide bonds. The minimum absolute atomic E-state index is 0.128. The Balaban J connectivity index is 1.91. The quantitative estimate of drug-likeness (QED) is 0.883. The summed E-state index contributed by atoms with van der Waals surface area (Å²) in [4.78, 5) is 15.3. The number of anilines is 1. The molecule has 0 atom stereocenters. The Morgan fingerprint density at radius 2 is 2.19 bits per heavy atom. The van der Waals surface area contributed by atoms with Crippen molar-refractivity contribution in [3.63, 3.8) is 0 Å². The molecule has 0 aliphatic carbocycles. The number of hydrogen-bond donors (Lipinski definition) is 1. The van der Waals surface area contributed by atoms with E-state index in [0.717, 1.165) is 13.1 Å². The first-order valence-corrected chi connectivity index (χ1v) is 7.77. The average Bonchev–Trinajstić information content (AvgIpc) is 2.95. The van der Waals surface area contributed by atoms with E-state index in [1.165, 1.54) is 10.9 Å². The highest BCUT2D eigenvalue weighted by Gasteiger charge is 2.11. The molecule has 2 aromatic rings. The van der Waals surface area contributed by atoms with Gasteiger partial charge in [0, 0.05) is 17.1 Å². The van der Waals surface area contributed by atoms with Crippen LogP contribution >= 0.6 is 11.3 Å². The second kappa shape index (κ2) is 7.33. The maximum Gasteiger partial charge on any atom is 0.238 e. The van der Waals surface area contributed by atoms with Crippen molar-refractivity contribution in [1.82, 2.24) is 4.90 Å². The van der Waals surface area contributed by atoms with Crippen LogP contribution < -0.4 is 5.32 Å². The third kappa shape index (κ3) is 4.65. The minimum Gasteiger partial charge on any atom is -0.325 e. The molecule has 0 bridgehead atoms. The number of aryl methyl sites for hydroxylation is 1. The molecule has 0 spiro atoms. The van der Waals surface area contributed by atoms with Crippen LogP contribution in [0.4, 0.5) is 10.1 Å². The minimum atomic E-state index is -0.307. The van der Waals surface area contributed by atoms with Gasteiger partial charge in [-0.1, -0.05) is 19.1 Å². The maximum atomic E-state index is 13.4. The van der Waals surface area contributed by atoms with Crippen LogP contribution in [-0.2, 0) is 11.3 Å². The number of benzene rings is 1. The first-order valence-electron chi connectivity index (χ1n) is 6.89. The molecule has 0 aliphatic rings. The number of halogens is 1. The average molecular weight is 306 g/mol. The summed E-state index contributed by atoms with van der Waals surface area (Å²) in [5, 5.41) is 4.76. The number of likely N-dealkylation sites (N-methyl/N-ethyl adjacent to an activating group) is 1. The van der Waals surface area contributed by atoms with Crippen LogP contribution in [0.5, 0.6) is 0 Å². The SMILES string of the molecule is CCN(CC(=O)Nc1ccc(C)c(F)c1)Cc1cccs1. The molecule has 2 rings (SSSR count). The summed E-state index contributed by atoms with van der Waals surface area (Å²) in [5.74, 6) is -0.435. The molecule has 0 aliphatic heterocycles. The highest BCUT2D eigenvalue weighted by atomic mass is 32.1. The van der Waals surface area contributed by atoms with E-state index in [0.29, 0.717) is 17.8 Å². The first kappa shape index (κ1) is 15.7. The van der Waals surface area contributed by atoms with Gasteiger partial charge in [-0.2, -0.15) is 0 Å². The molecule has 3 nitrogen and oxygen atoms in total. The molecule has 0 saturated heterocycles. The maximum absolute atomic E-state index is 13.4. The Bertz CT molecular complexity index is 598. The van der Waals surface area contributed by atoms with Gasteiger partial charge in [-0.3, -0.25) is 9.69 Å². The predicted octanol–water partition coefficient (Wildman–Crippen LogP) is 3.66. The standard InChI is InChI=1S/C16H19FN2OS/c1-3-19(10-14-5-4-8-21-14)11-16(20)18-13-7-6-12(2)15(17)9-13/h4-9H,3,10-11H2,1-2H3,(H,18,20). The topological polar surface area (TPSA) is 32.3 Å². The fourth-order valence-corrected chi connectivity index (χ4v) is 2.72. The summed E-state index contributed by atoms with van der Waals surface area (Å²) in [6.45, 7) is 5.55. The number of nitrogens with one attached hydrogen (secondary N) is 1. The molecule has 1 N–H and O–H groups in total. The van der Waals surface area contributed by atoms with Crippen LogP contribution in [0.25, 0.3) is 0 Å². The zero-order chi connectivity index (χ0) is 15.2. The molecule has 0 fully saturated rings. The van der Waals surface area contributed by atoms with Crippen molar-refractivity contribution in [2.75, 3.05) is 18.4 Å². The van der Waals surface area contributed by atoms with E-state index in [1.807, 2.05) is 23.3 Å². The second-order valence-electron chi connectivity index (χ2n) is 4.89.